The number of nitrogens with two attached hydrogens (primary N) is 1. The lowest BCUT2D eigenvalue weighted by atomic mass is 9.98. The lowest BCUT2D eigenvalue weighted by Crippen LogP contribution is -2.25. The zero-order chi connectivity index (χ0) is 11.7. The van der Waals surface area contributed by atoms with Crippen molar-refractivity contribution in [2.75, 3.05) is 11.5 Å². The van der Waals surface area contributed by atoms with E-state index < -0.39 is 0 Å². The van der Waals surface area contributed by atoms with Crippen LogP contribution < -0.4 is 5.73 Å². The Morgan fingerprint density at radius 2 is 2.18 bits per heavy atom. The highest BCUT2D eigenvalue weighted by molar-refractivity contribution is 8.01. The van der Waals surface area contributed by atoms with Gasteiger partial charge in [0.05, 0.1) is 11.7 Å². The van der Waals surface area contributed by atoms with Gasteiger partial charge in [0.25, 0.3) is 0 Å². The summed E-state index contributed by atoms with van der Waals surface area (Å²) >= 11 is 3.18. The molecule has 2 aliphatic rings. The second-order valence-corrected chi connectivity index (χ2v) is 7.16. The van der Waals surface area contributed by atoms with E-state index in [1.54, 1.807) is 11.8 Å². The van der Waals surface area contributed by atoms with E-state index in [4.69, 9.17) is 10.5 Å². The average molecular weight is 271 g/mol. The number of hydrogen-bond donors (Lipinski definition) is 1. The Bertz CT molecular complexity index is 390. The van der Waals surface area contributed by atoms with Gasteiger partial charge in [0.1, 0.15) is 0 Å². The van der Waals surface area contributed by atoms with E-state index >= 15 is 0 Å². The van der Waals surface area contributed by atoms with E-state index in [9.17, 15) is 0 Å². The van der Waals surface area contributed by atoms with E-state index in [0.717, 1.165) is 10.1 Å². The van der Waals surface area contributed by atoms with Gasteiger partial charge in [0.15, 0.2) is 4.34 Å². The molecule has 1 aliphatic heterocycles. The van der Waals surface area contributed by atoms with Crippen LogP contribution in [0, 0.1) is 0 Å². The monoisotopic (exact) mass is 271 g/mol. The molecule has 1 aromatic rings. The van der Waals surface area contributed by atoms with E-state index in [1.165, 1.54) is 49.9 Å². The van der Waals surface area contributed by atoms with Crippen molar-refractivity contribution < 1.29 is 4.74 Å². The van der Waals surface area contributed by atoms with Crippen molar-refractivity contribution in [2.24, 2.45) is 0 Å². The predicted molar refractivity (Wildman–Crippen MR) is 70.4 cm³/mol. The zero-order valence-electron chi connectivity index (χ0n) is 9.72. The van der Waals surface area contributed by atoms with E-state index in [1.807, 2.05) is 0 Å². The average Bonchev–Trinajstić information content (AvgIpc) is 3.01. The lowest BCUT2D eigenvalue weighted by Gasteiger charge is -2.23. The Balaban J connectivity index is 1.50. The molecule has 1 saturated heterocycles. The molecule has 2 heterocycles. The molecule has 2 fully saturated rings. The van der Waals surface area contributed by atoms with Crippen LogP contribution in [-0.4, -0.2) is 27.7 Å². The molecule has 3 rings (SSSR count). The van der Waals surface area contributed by atoms with Crippen molar-refractivity contribution >= 4 is 28.2 Å². The predicted octanol–water partition coefficient (Wildman–Crippen LogP) is 2.70. The fourth-order valence-electron chi connectivity index (χ4n) is 2.84. The Kier molecular flexibility index (Phi) is 3.28. The Morgan fingerprint density at radius 3 is 2.88 bits per heavy atom. The molecule has 1 saturated carbocycles. The molecule has 2 N–H and O–H groups in total. The number of anilines is 1. The topological polar surface area (TPSA) is 61.0 Å². The van der Waals surface area contributed by atoms with Gasteiger partial charge >= 0.3 is 0 Å². The van der Waals surface area contributed by atoms with Gasteiger partial charge in [-0.25, -0.2) is 0 Å². The van der Waals surface area contributed by atoms with E-state index in [2.05, 4.69) is 10.2 Å². The molecule has 1 spiro atoms. The molecule has 4 nitrogen and oxygen atoms in total. The number of ether oxygens (including phenoxy) is 1. The number of rotatable bonds is 3. The van der Waals surface area contributed by atoms with Gasteiger partial charge in [0.2, 0.25) is 5.13 Å². The summed E-state index contributed by atoms with van der Waals surface area (Å²) in [5.41, 5.74) is 5.80. The number of hydrogen-bond acceptors (Lipinski definition) is 6. The summed E-state index contributed by atoms with van der Waals surface area (Å²) in [5, 5.41) is 8.38. The molecule has 94 valence electrons. The molecule has 0 amide bonds. The summed E-state index contributed by atoms with van der Waals surface area (Å²) in [6, 6.07) is 0. The van der Waals surface area contributed by atoms with Crippen molar-refractivity contribution in [1.82, 2.24) is 10.2 Å². The summed E-state index contributed by atoms with van der Waals surface area (Å²) in [6.07, 6.45) is 8.04. The first-order valence-electron chi connectivity index (χ1n) is 6.15. The van der Waals surface area contributed by atoms with Crippen LogP contribution in [0.2, 0.25) is 0 Å². The molecule has 0 aromatic carbocycles. The van der Waals surface area contributed by atoms with Crippen LogP contribution in [-0.2, 0) is 4.74 Å². The van der Waals surface area contributed by atoms with Gasteiger partial charge in [-0.2, -0.15) is 0 Å². The van der Waals surface area contributed by atoms with Crippen molar-refractivity contribution in [3.63, 3.8) is 0 Å². The van der Waals surface area contributed by atoms with Gasteiger partial charge in [0, 0.05) is 5.75 Å². The molecule has 0 radical (unpaired) electrons. The Morgan fingerprint density at radius 1 is 1.35 bits per heavy atom. The molecule has 1 atom stereocenters. The Hall–Kier alpha value is -0.330. The quantitative estimate of drug-likeness (QED) is 0.856. The van der Waals surface area contributed by atoms with Gasteiger partial charge in [-0.3, -0.25) is 0 Å². The largest absolute Gasteiger partial charge is 0.374 e. The second-order valence-electron chi connectivity index (χ2n) is 4.89. The smallest absolute Gasteiger partial charge is 0.203 e. The van der Waals surface area contributed by atoms with Crippen LogP contribution in [0.4, 0.5) is 5.13 Å². The number of thioether (sulfide) groups is 1. The van der Waals surface area contributed by atoms with Crippen molar-refractivity contribution in [3.8, 4) is 0 Å². The van der Waals surface area contributed by atoms with Crippen molar-refractivity contribution in [3.05, 3.63) is 0 Å². The maximum absolute atomic E-state index is 6.24. The third-order valence-electron chi connectivity index (χ3n) is 3.67. The third kappa shape index (κ3) is 2.58. The highest BCUT2D eigenvalue weighted by Gasteiger charge is 2.41. The van der Waals surface area contributed by atoms with Crippen LogP contribution in [0.25, 0.3) is 0 Å². The van der Waals surface area contributed by atoms with Gasteiger partial charge < -0.3 is 10.5 Å². The minimum Gasteiger partial charge on any atom is -0.374 e. The summed E-state index contributed by atoms with van der Waals surface area (Å²) in [4.78, 5) is 0. The van der Waals surface area contributed by atoms with Crippen molar-refractivity contribution in [2.45, 2.75) is 54.6 Å². The number of aromatic nitrogens is 2. The van der Waals surface area contributed by atoms with Crippen LogP contribution in [0.3, 0.4) is 0 Å². The van der Waals surface area contributed by atoms with Gasteiger partial charge in [-0.05, 0) is 25.7 Å². The van der Waals surface area contributed by atoms with E-state index in [0.29, 0.717) is 11.2 Å². The lowest BCUT2D eigenvalue weighted by molar-refractivity contribution is -0.0267. The molecule has 6 heteroatoms. The highest BCUT2D eigenvalue weighted by Crippen LogP contribution is 2.44. The standard InChI is InChI=1S/C11H17N3OS2/c12-9-13-14-10(17-9)16-7-8-3-6-11(15-8)4-1-2-5-11/h8H,1-7H2,(H2,12,13). The maximum atomic E-state index is 6.24. The van der Waals surface area contributed by atoms with Crippen LogP contribution >= 0.6 is 23.1 Å². The normalized spacial score (nSPS) is 26.9. The van der Waals surface area contributed by atoms with Crippen LogP contribution in [0.15, 0.2) is 4.34 Å². The van der Waals surface area contributed by atoms with Gasteiger partial charge in [-0.1, -0.05) is 35.9 Å². The highest BCUT2D eigenvalue weighted by atomic mass is 32.2. The summed E-state index contributed by atoms with van der Waals surface area (Å²) < 4.78 is 7.20. The minimum absolute atomic E-state index is 0.241. The first kappa shape index (κ1) is 11.7. The van der Waals surface area contributed by atoms with E-state index in [-0.39, 0.29) is 5.60 Å². The summed E-state index contributed by atoms with van der Waals surface area (Å²) in [6.45, 7) is 0. The maximum Gasteiger partial charge on any atom is 0.203 e. The van der Waals surface area contributed by atoms with Gasteiger partial charge in [-0.15, -0.1) is 10.2 Å². The summed E-state index contributed by atoms with van der Waals surface area (Å²) in [5.74, 6) is 0.983. The first-order valence-corrected chi connectivity index (χ1v) is 7.96. The van der Waals surface area contributed by atoms with Crippen LogP contribution in [0.5, 0.6) is 0 Å². The molecule has 1 aromatic heterocycles. The second kappa shape index (κ2) is 4.74. The summed E-state index contributed by atoms with van der Waals surface area (Å²) in [7, 11) is 0. The number of nitrogen functional groups attached to an aromatic ring is 1. The molecular weight excluding hydrogens is 254 g/mol. The molecule has 0 bridgehead atoms. The molecular formula is C11H17N3OS2. The van der Waals surface area contributed by atoms with Crippen LogP contribution in [0.1, 0.15) is 38.5 Å². The zero-order valence-corrected chi connectivity index (χ0v) is 11.4. The molecule has 1 aliphatic carbocycles. The fourth-order valence-corrected chi connectivity index (χ4v) is 4.54. The fraction of sp³-hybridized carbons (Fsp3) is 0.818. The minimum atomic E-state index is 0.241. The van der Waals surface area contributed by atoms with Crippen molar-refractivity contribution in [1.29, 1.82) is 0 Å². The first-order chi connectivity index (χ1) is 8.26. The molecule has 17 heavy (non-hydrogen) atoms. The Labute approximate surface area is 109 Å². The third-order valence-corrected chi connectivity index (χ3v) is 5.69. The number of nitrogens with zero attached hydrogens (tertiary/aromatic N) is 2. The molecule has 1 unspecified atom stereocenters. The SMILES string of the molecule is Nc1nnc(SCC2CCC3(CCCC3)O2)s1.